The molecule has 1 aliphatic rings. The fraction of sp³-hybridized carbons (Fsp3) is 0.120. The average molecular weight is 413 g/mol. The Kier molecular flexibility index (Phi) is 4.96. The van der Waals surface area contributed by atoms with Crippen LogP contribution in [0.15, 0.2) is 78.9 Å². The number of aromatic nitrogens is 2. The number of aromatic amines is 1. The molecule has 1 amide bonds. The van der Waals surface area contributed by atoms with Crippen LogP contribution in [0.2, 0.25) is 0 Å². The molecule has 2 heterocycles. The van der Waals surface area contributed by atoms with E-state index in [-0.39, 0.29) is 24.2 Å². The van der Waals surface area contributed by atoms with Crippen molar-refractivity contribution in [3.63, 3.8) is 0 Å². The molecule has 1 aliphatic heterocycles. The summed E-state index contributed by atoms with van der Waals surface area (Å²) in [6, 6.07) is 24.1. The van der Waals surface area contributed by atoms with E-state index >= 15 is 0 Å². The van der Waals surface area contributed by atoms with Crippen LogP contribution in [0.25, 0.3) is 11.3 Å². The Bertz CT molecular complexity index is 1220. The van der Waals surface area contributed by atoms with E-state index in [2.05, 4.69) is 15.5 Å². The first-order valence-electron chi connectivity index (χ1n) is 10.1. The van der Waals surface area contributed by atoms with Gasteiger partial charge in [-0.05, 0) is 29.3 Å². The molecule has 0 bridgehead atoms. The first kappa shape index (κ1) is 19.1. The van der Waals surface area contributed by atoms with Crippen LogP contribution in [-0.4, -0.2) is 16.1 Å². The van der Waals surface area contributed by atoms with Crippen molar-refractivity contribution in [2.45, 2.75) is 18.9 Å². The maximum atomic E-state index is 13.8. The highest BCUT2D eigenvalue weighted by Crippen LogP contribution is 2.41. The number of halogens is 1. The highest BCUT2D eigenvalue weighted by Gasteiger charge is 2.32. The number of hydrogen-bond acceptors (Lipinski definition) is 3. The van der Waals surface area contributed by atoms with Crippen molar-refractivity contribution in [1.29, 1.82) is 0 Å². The lowest BCUT2D eigenvalue weighted by Crippen LogP contribution is -2.23. The Morgan fingerprint density at radius 3 is 2.48 bits per heavy atom. The topological polar surface area (TPSA) is 67.0 Å². The smallest absolute Gasteiger partial charge is 0.226 e. The van der Waals surface area contributed by atoms with Gasteiger partial charge < -0.3 is 10.1 Å². The number of amides is 1. The van der Waals surface area contributed by atoms with Crippen LogP contribution in [0.5, 0.6) is 5.75 Å². The van der Waals surface area contributed by atoms with Crippen molar-refractivity contribution in [3.8, 4) is 17.0 Å². The highest BCUT2D eigenvalue weighted by molar-refractivity contribution is 5.96. The largest absolute Gasteiger partial charge is 0.489 e. The molecule has 6 heteroatoms. The minimum absolute atomic E-state index is 0.0662. The second kappa shape index (κ2) is 8.07. The molecule has 2 N–H and O–H groups in total. The standard InChI is InChI=1S/C25H20FN3O2/c26-21-9-5-4-8-18(21)15-31-19-12-10-16(11-13-19)20-14-22(30)27-25-23(20)24(28-29-25)17-6-2-1-3-7-17/h1-13,20H,14-15H2,(H2,27,28,29,30). The lowest BCUT2D eigenvalue weighted by molar-refractivity contribution is -0.116. The monoisotopic (exact) mass is 413 g/mol. The van der Waals surface area contributed by atoms with E-state index in [1.165, 1.54) is 6.07 Å². The van der Waals surface area contributed by atoms with E-state index in [1.54, 1.807) is 18.2 Å². The van der Waals surface area contributed by atoms with Gasteiger partial charge in [0.05, 0.1) is 5.69 Å². The summed E-state index contributed by atoms with van der Waals surface area (Å²) in [4.78, 5) is 12.3. The number of nitrogens with one attached hydrogen (secondary N) is 2. The molecule has 5 rings (SSSR count). The van der Waals surface area contributed by atoms with Crippen LogP contribution in [0.4, 0.5) is 10.2 Å². The van der Waals surface area contributed by atoms with Gasteiger partial charge in [-0.3, -0.25) is 9.89 Å². The van der Waals surface area contributed by atoms with Crippen LogP contribution >= 0.6 is 0 Å². The predicted molar refractivity (Wildman–Crippen MR) is 116 cm³/mol. The molecule has 1 atom stereocenters. The molecule has 0 saturated heterocycles. The minimum Gasteiger partial charge on any atom is -0.489 e. The molecule has 1 unspecified atom stereocenters. The van der Waals surface area contributed by atoms with Gasteiger partial charge in [0.1, 0.15) is 18.2 Å². The SMILES string of the molecule is O=C1CC(c2ccc(OCc3ccccc3F)cc2)c2c(n[nH]c2-c2ccccc2)N1. The first-order chi connectivity index (χ1) is 15.2. The molecule has 4 aromatic rings. The van der Waals surface area contributed by atoms with Gasteiger partial charge in [0, 0.05) is 23.5 Å². The lowest BCUT2D eigenvalue weighted by atomic mass is 9.84. The fourth-order valence-corrected chi connectivity index (χ4v) is 3.94. The molecule has 0 saturated carbocycles. The first-order valence-corrected chi connectivity index (χ1v) is 10.1. The second-order valence-electron chi connectivity index (χ2n) is 7.48. The number of ether oxygens (including phenoxy) is 1. The van der Waals surface area contributed by atoms with E-state index in [9.17, 15) is 9.18 Å². The number of carbonyl (C=O) groups excluding carboxylic acids is 1. The van der Waals surface area contributed by atoms with E-state index in [0.29, 0.717) is 23.6 Å². The summed E-state index contributed by atoms with van der Waals surface area (Å²) >= 11 is 0. The van der Waals surface area contributed by atoms with Crippen molar-refractivity contribution in [3.05, 3.63) is 101 Å². The number of anilines is 1. The van der Waals surface area contributed by atoms with Crippen molar-refractivity contribution in [2.75, 3.05) is 5.32 Å². The zero-order valence-electron chi connectivity index (χ0n) is 16.6. The number of benzene rings is 3. The number of rotatable bonds is 5. The predicted octanol–water partition coefficient (Wildman–Crippen LogP) is 5.27. The Hall–Kier alpha value is -3.93. The van der Waals surface area contributed by atoms with Gasteiger partial charge >= 0.3 is 0 Å². The molecule has 3 aromatic carbocycles. The van der Waals surface area contributed by atoms with Gasteiger partial charge in [0.2, 0.25) is 5.91 Å². The number of hydrogen-bond donors (Lipinski definition) is 2. The quantitative estimate of drug-likeness (QED) is 0.468. The summed E-state index contributed by atoms with van der Waals surface area (Å²) in [5.41, 5.74) is 4.40. The number of nitrogens with zero attached hydrogens (tertiary/aromatic N) is 1. The van der Waals surface area contributed by atoms with Crippen molar-refractivity contribution in [1.82, 2.24) is 10.2 Å². The second-order valence-corrected chi connectivity index (χ2v) is 7.48. The Labute approximate surface area is 178 Å². The van der Waals surface area contributed by atoms with Gasteiger partial charge in [-0.15, -0.1) is 0 Å². The number of carbonyl (C=O) groups is 1. The molecule has 31 heavy (non-hydrogen) atoms. The molecular weight excluding hydrogens is 393 g/mol. The van der Waals surface area contributed by atoms with Gasteiger partial charge in [0.25, 0.3) is 0 Å². The normalized spacial score (nSPS) is 15.3. The molecule has 1 aromatic heterocycles. The lowest BCUT2D eigenvalue weighted by Gasteiger charge is -2.23. The van der Waals surface area contributed by atoms with E-state index < -0.39 is 0 Å². The minimum atomic E-state index is -0.284. The molecule has 5 nitrogen and oxygen atoms in total. The van der Waals surface area contributed by atoms with Gasteiger partial charge in [-0.1, -0.05) is 60.7 Å². The highest BCUT2D eigenvalue weighted by atomic mass is 19.1. The maximum absolute atomic E-state index is 13.8. The maximum Gasteiger partial charge on any atom is 0.226 e. The van der Waals surface area contributed by atoms with Crippen molar-refractivity contribution < 1.29 is 13.9 Å². The molecule has 0 aliphatic carbocycles. The van der Waals surface area contributed by atoms with E-state index in [4.69, 9.17) is 4.74 Å². The van der Waals surface area contributed by atoms with Gasteiger partial charge in [0.15, 0.2) is 5.82 Å². The molecule has 0 spiro atoms. The molecule has 0 radical (unpaired) electrons. The third kappa shape index (κ3) is 3.80. The molecule has 154 valence electrons. The summed E-state index contributed by atoms with van der Waals surface area (Å²) in [5.74, 6) is 0.734. The molecule has 0 fully saturated rings. The van der Waals surface area contributed by atoms with E-state index in [1.807, 2.05) is 54.6 Å². The van der Waals surface area contributed by atoms with Crippen LogP contribution in [0.3, 0.4) is 0 Å². The third-order valence-electron chi connectivity index (χ3n) is 5.50. The van der Waals surface area contributed by atoms with Crippen LogP contribution < -0.4 is 10.1 Å². The average Bonchev–Trinajstić information content (AvgIpc) is 3.23. The van der Waals surface area contributed by atoms with E-state index in [0.717, 1.165) is 22.4 Å². The molecular formula is C25H20FN3O2. The van der Waals surface area contributed by atoms with Gasteiger partial charge in [-0.25, -0.2) is 4.39 Å². The fourth-order valence-electron chi connectivity index (χ4n) is 3.94. The zero-order valence-corrected chi connectivity index (χ0v) is 16.6. The summed E-state index contributed by atoms with van der Waals surface area (Å²) in [5, 5.41) is 10.3. The Morgan fingerprint density at radius 2 is 1.71 bits per heavy atom. The summed E-state index contributed by atoms with van der Waals surface area (Å²) in [7, 11) is 0. The van der Waals surface area contributed by atoms with Gasteiger partial charge in [-0.2, -0.15) is 5.10 Å². The zero-order chi connectivity index (χ0) is 21.2. The summed E-state index contributed by atoms with van der Waals surface area (Å²) in [6.07, 6.45) is 0.335. The Morgan fingerprint density at radius 1 is 0.968 bits per heavy atom. The van der Waals surface area contributed by atoms with Crippen LogP contribution in [0.1, 0.15) is 29.0 Å². The summed E-state index contributed by atoms with van der Waals surface area (Å²) in [6.45, 7) is 0.155. The van der Waals surface area contributed by atoms with Crippen LogP contribution in [0, 0.1) is 5.82 Å². The Balaban J connectivity index is 1.41. The number of fused-ring (bicyclic) bond motifs is 1. The third-order valence-corrected chi connectivity index (χ3v) is 5.50. The van der Waals surface area contributed by atoms with Crippen molar-refractivity contribution in [2.24, 2.45) is 0 Å². The van der Waals surface area contributed by atoms with Crippen molar-refractivity contribution >= 4 is 11.7 Å². The van der Waals surface area contributed by atoms with Crippen LogP contribution in [-0.2, 0) is 11.4 Å². The summed E-state index contributed by atoms with van der Waals surface area (Å²) < 4.78 is 19.5. The number of H-pyrrole nitrogens is 1.